The summed E-state index contributed by atoms with van der Waals surface area (Å²) >= 11 is 0. The first kappa shape index (κ1) is 13.2. The molecule has 1 aromatic carbocycles. The van der Waals surface area contributed by atoms with Crippen molar-refractivity contribution in [2.24, 2.45) is 11.8 Å². The molecule has 0 nitrogen and oxygen atoms in total. The Morgan fingerprint density at radius 3 is 2.32 bits per heavy atom. The van der Waals surface area contributed by atoms with E-state index in [2.05, 4.69) is 63.4 Å². The van der Waals surface area contributed by atoms with E-state index in [0.717, 1.165) is 11.8 Å². The molecule has 1 saturated carbocycles. The Balaban J connectivity index is 2.11. The van der Waals surface area contributed by atoms with Gasteiger partial charge in [-0.05, 0) is 28.0 Å². The maximum absolute atomic E-state index is 2.54. The Kier molecular flexibility index (Phi) is 3.21. The fraction of sp³-hybridized carbons (Fsp3) is 0.556. The highest BCUT2D eigenvalue weighted by Crippen LogP contribution is 2.65. The molecule has 101 valence electrons. The summed E-state index contributed by atoms with van der Waals surface area (Å²) < 4.78 is 0. The molecular weight excluding hydrogens is 244 g/mol. The fourth-order valence-corrected chi connectivity index (χ4v) is 8.17. The van der Waals surface area contributed by atoms with E-state index >= 15 is 0 Å². The Morgan fingerprint density at radius 2 is 1.68 bits per heavy atom. The zero-order valence-corrected chi connectivity index (χ0v) is 13.6. The molecule has 3 atom stereocenters. The quantitative estimate of drug-likeness (QED) is 0.634. The molecule has 3 rings (SSSR count). The normalized spacial score (nSPS) is 37.0. The molecule has 19 heavy (non-hydrogen) atoms. The molecule has 1 aromatic rings. The smallest absolute Gasteiger partial charge is 0.0499 e. The highest BCUT2D eigenvalue weighted by Gasteiger charge is 2.53. The molecule has 3 unspecified atom stereocenters. The summed E-state index contributed by atoms with van der Waals surface area (Å²) in [5.74, 6) is 2.40. The predicted molar refractivity (Wildman–Crippen MR) is 86.0 cm³/mol. The molecule has 2 aliphatic carbocycles. The van der Waals surface area contributed by atoms with Crippen molar-refractivity contribution in [1.29, 1.82) is 0 Å². The van der Waals surface area contributed by atoms with Crippen LogP contribution < -0.4 is 0 Å². The summed E-state index contributed by atoms with van der Waals surface area (Å²) in [5, 5.41) is 0.549. The number of rotatable bonds is 2. The van der Waals surface area contributed by atoms with Gasteiger partial charge >= 0.3 is 0 Å². The topological polar surface area (TPSA) is 0 Å². The molecule has 0 saturated heterocycles. The molecule has 0 amide bonds. The first-order chi connectivity index (χ1) is 9.08. The maximum Gasteiger partial charge on any atom is 0.0499 e. The van der Waals surface area contributed by atoms with Crippen LogP contribution >= 0.6 is 0 Å². The van der Waals surface area contributed by atoms with Crippen LogP contribution in [0.5, 0.6) is 0 Å². The van der Waals surface area contributed by atoms with Gasteiger partial charge in [0.1, 0.15) is 0 Å². The third-order valence-corrected chi connectivity index (χ3v) is 8.87. The minimum Gasteiger partial charge on any atom is -0.0761 e. The molecule has 2 aliphatic rings. The van der Waals surface area contributed by atoms with Gasteiger partial charge in [-0.3, -0.25) is 0 Å². The summed E-state index contributed by atoms with van der Waals surface area (Å²) in [7, 11) is -0.345. The van der Waals surface area contributed by atoms with Crippen molar-refractivity contribution in [2.75, 3.05) is 0 Å². The molecule has 0 heterocycles. The van der Waals surface area contributed by atoms with Crippen LogP contribution in [0.4, 0.5) is 0 Å². The third-order valence-electron chi connectivity index (χ3n) is 5.84. The molecule has 0 N–H and O–H groups in total. The van der Waals surface area contributed by atoms with Crippen molar-refractivity contribution in [3.05, 3.63) is 41.5 Å². The second-order valence-electron chi connectivity index (χ2n) is 6.78. The average molecular weight is 269 g/mol. The lowest BCUT2D eigenvalue weighted by atomic mass is 9.76. The number of fused-ring (bicyclic) bond motifs is 1. The first-order valence-electron chi connectivity index (χ1n) is 7.66. The Hall–Kier alpha value is -0.823. The number of benzene rings is 1. The van der Waals surface area contributed by atoms with Crippen molar-refractivity contribution in [3.8, 4) is 0 Å². The van der Waals surface area contributed by atoms with Crippen LogP contribution in [0.3, 0.4) is 0 Å². The maximum atomic E-state index is 2.54. The largest absolute Gasteiger partial charge is 0.0761 e. The first-order valence-corrected chi connectivity index (χ1v) is 10.2. The zero-order valence-electron chi connectivity index (χ0n) is 12.6. The third kappa shape index (κ3) is 1.70. The molecule has 0 aromatic heterocycles. The van der Waals surface area contributed by atoms with E-state index < -0.39 is 0 Å². The van der Waals surface area contributed by atoms with Crippen LogP contribution in [-0.2, 0) is 0 Å². The molecule has 1 radical (unpaired) electrons. The summed E-state index contributed by atoms with van der Waals surface area (Å²) in [6.07, 6.45) is 7.72. The molecule has 0 aliphatic heterocycles. The van der Waals surface area contributed by atoms with Crippen LogP contribution in [-0.4, -0.2) is 8.80 Å². The van der Waals surface area contributed by atoms with Gasteiger partial charge in [0.2, 0.25) is 0 Å². The van der Waals surface area contributed by atoms with Crippen LogP contribution in [0.2, 0.25) is 18.1 Å². The minimum absolute atomic E-state index is 0.345. The summed E-state index contributed by atoms with van der Waals surface area (Å²) in [6.45, 7) is 10.1. The van der Waals surface area contributed by atoms with E-state index in [-0.39, 0.29) is 8.80 Å². The van der Waals surface area contributed by atoms with Gasteiger partial charge in [-0.25, -0.2) is 0 Å². The van der Waals surface area contributed by atoms with Crippen molar-refractivity contribution in [3.63, 3.8) is 0 Å². The second-order valence-corrected chi connectivity index (χ2v) is 9.64. The monoisotopic (exact) mass is 269 g/mol. The molecule has 0 bridgehead atoms. The lowest BCUT2D eigenvalue weighted by Gasteiger charge is -2.46. The zero-order chi connectivity index (χ0) is 13.6. The average Bonchev–Trinajstić information content (AvgIpc) is 2.92. The summed E-state index contributed by atoms with van der Waals surface area (Å²) in [5.41, 5.74) is 3.05. The van der Waals surface area contributed by atoms with Gasteiger partial charge in [-0.15, -0.1) is 0 Å². The van der Waals surface area contributed by atoms with Gasteiger partial charge in [0.05, 0.1) is 0 Å². The van der Waals surface area contributed by atoms with Gasteiger partial charge in [0.25, 0.3) is 0 Å². The Labute approximate surface area is 119 Å². The lowest BCUT2D eigenvalue weighted by Crippen LogP contribution is -2.39. The fourth-order valence-electron chi connectivity index (χ4n) is 5.04. The van der Waals surface area contributed by atoms with E-state index in [1.807, 2.05) is 0 Å². The molecule has 1 heteroatoms. The summed E-state index contributed by atoms with van der Waals surface area (Å²) in [6, 6.07) is 9.03. The van der Waals surface area contributed by atoms with E-state index in [4.69, 9.17) is 0 Å². The Bertz CT molecular complexity index is 490. The molecular formula is C18H25Si. The van der Waals surface area contributed by atoms with Crippen molar-refractivity contribution in [2.45, 2.75) is 50.7 Å². The van der Waals surface area contributed by atoms with E-state index in [1.54, 1.807) is 5.56 Å². The van der Waals surface area contributed by atoms with Gasteiger partial charge in [0.15, 0.2) is 0 Å². The Morgan fingerprint density at radius 1 is 1.05 bits per heavy atom. The van der Waals surface area contributed by atoms with E-state index in [0.29, 0.717) is 11.0 Å². The van der Waals surface area contributed by atoms with Crippen molar-refractivity contribution < 1.29 is 0 Å². The molecule has 0 spiro atoms. The SMILES string of the molecule is CC1CCC(C)C1(C1C=Cc2ccccc21)[Si](C)C. The van der Waals surface area contributed by atoms with E-state index in [1.165, 1.54) is 18.4 Å². The van der Waals surface area contributed by atoms with Crippen molar-refractivity contribution in [1.82, 2.24) is 0 Å². The van der Waals surface area contributed by atoms with Crippen LogP contribution in [0.1, 0.15) is 43.7 Å². The lowest BCUT2D eigenvalue weighted by molar-refractivity contribution is 0.331. The number of allylic oxidation sites excluding steroid dienone is 1. The van der Waals surface area contributed by atoms with Gasteiger partial charge in [-0.2, -0.15) is 0 Å². The van der Waals surface area contributed by atoms with Gasteiger partial charge < -0.3 is 0 Å². The second kappa shape index (κ2) is 4.62. The minimum atomic E-state index is -0.345. The van der Waals surface area contributed by atoms with Crippen molar-refractivity contribution >= 4 is 14.9 Å². The van der Waals surface area contributed by atoms with Crippen LogP contribution in [0, 0.1) is 11.8 Å². The van der Waals surface area contributed by atoms with Crippen LogP contribution in [0.25, 0.3) is 6.08 Å². The molecule has 1 fully saturated rings. The number of hydrogen-bond acceptors (Lipinski definition) is 0. The standard InChI is InChI=1S/C18H25Si/c1-13-9-10-14(2)18(13,19(3)4)17-12-11-15-7-5-6-8-16(15)17/h5-8,11-14,17H,9-10H2,1-4H3. The van der Waals surface area contributed by atoms with Gasteiger partial charge in [-0.1, -0.05) is 76.2 Å². The summed E-state index contributed by atoms with van der Waals surface area (Å²) in [4.78, 5) is 0. The highest BCUT2D eigenvalue weighted by atomic mass is 28.3. The predicted octanol–water partition coefficient (Wildman–Crippen LogP) is 5.36. The van der Waals surface area contributed by atoms with Crippen LogP contribution in [0.15, 0.2) is 30.3 Å². The van der Waals surface area contributed by atoms with Gasteiger partial charge in [0, 0.05) is 14.7 Å². The number of hydrogen-bond donors (Lipinski definition) is 0. The highest BCUT2D eigenvalue weighted by molar-refractivity contribution is 6.60. The van der Waals surface area contributed by atoms with E-state index in [9.17, 15) is 0 Å².